The maximum Gasteiger partial charge on any atom is 0.0440 e. The van der Waals surface area contributed by atoms with Gasteiger partial charge >= 0.3 is 0 Å². The highest BCUT2D eigenvalue weighted by Crippen LogP contribution is 2.57. The summed E-state index contributed by atoms with van der Waals surface area (Å²) in [6, 6.07) is 68.2. The van der Waals surface area contributed by atoms with Crippen molar-refractivity contribution in [1.82, 2.24) is 0 Å². The molecule has 0 saturated heterocycles. The molecule has 0 atom stereocenters. The number of hydrogen-bond acceptors (Lipinski definition) is 1. The monoisotopic (exact) mass is 728 g/mol. The first-order valence-corrected chi connectivity index (χ1v) is 20.4. The van der Waals surface area contributed by atoms with E-state index in [2.05, 4.69) is 196 Å². The zero-order valence-corrected chi connectivity index (χ0v) is 32.0. The smallest absolute Gasteiger partial charge is 0.0440 e. The van der Waals surface area contributed by atoms with E-state index in [1.807, 2.05) is 11.3 Å². The molecule has 1 heterocycles. The Morgan fingerprint density at radius 1 is 0.357 bits per heavy atom. The van der Waals surface area contributed by atoms with Crippen molar-refractivity contribution in [3.63, 3.8) is 0 Å². The molecular formula is C55H36S. The van der Waals surface area contributed by atoms with Crippen LogP contribution in [0.15, 0.2) is 182 Å². The van der Waals surface area contributed by atoms with Crippen LogP contribution in [-0.4, -0.2) is 0 Å². The van der Waals surface area contributed by atoms with Gasteiger partial charge in [0, 0.05) is 31.2 Å². The Morgan fingerprint density at radius 2 is 0.893 bits per heavy atom. The van der Waals surface area contributed by atoms with Gasteiger partial charge in [-0.15, -0.1) is 11.3 Å². The molecule has 0 bridgehead atoms. The summed E-state index contributed by atoms with van der Waals surface area (Å²) in [6.07, 6.45) is 0. The summed E-state index contributed by atoms with van der Waals surface area (Å²) in [7, 11) is 0. The molecule has 0 saturated carbocycles. The molecule has 0 N–H and O–H groups in total. The van der Waals surface area contributed by atoms with Gasteiger partial charge in [0.25, 0.3) is 0 Å². The van der Waals surface area contributed by atoms with Crippen LogP contribution in [0, 0.1) is 0 Å². The topological polar surface area (TPSA) is 0 Å². The van der Waals surface area contributed by atoms with Crippen molar-refractivity contribution >= 4 is 74.6 Å². The molecule has 0 spiro atoms. The van der Waals surface area contributed by atoms with E-state index in [0.29, 0.717) is 0 Å². The fourth-order valence-electron chi connectivity index (χ4n) is 10.1. The lowest BCUT2D eigenvalue weighted by molar-refractivity contribution is 0.661. The summed E-state index contributed by atoms with van der Waals surface area (Å²) >= 11 is 1.95. The molecule has 1 aliphatic carbocycles. The number of benzene rings is 10. The number of thiophene rings is 1. The SMILES string of the molecule is CC1(C)c2ccccc2-c2c1cc1c(sc3ccc4ccccc4c31)c2-c1cccc(-c2c3ccccc3c(-c3cccc4ccccc34)c3ccccc23)c1. The van der Waals surface area contributed by atoms with Crippen LogP contribution < -0.4 is 0 Å². The fraction of sp³-hybridized carbons (Fsp3) is 0.0545. The van der Waals surface area contributed by atoms with Gasteiger partial charge < -0.3 is 0 Å². The van der Waals surface area contributed by atoms with E-state index in [9.17, 15) is 0 Å². The molecular weight excluding hydrogens is 693 g/mol. The third-order valence-electron chi connectivity index (χ3n) is 12.6. The number of fused-ring (bicyclic) bond motifs is 11. The largest absolute Gasteiger partial charge is 0.134 e. The van der Waals surface area contributed by atoms with Crippen LogP contribution in [0.1, 0.15) is 25.0 Å². The third kappa shape index (κ3) is 4.35. The molecule has 0 amide bonds. The lowest BCUT2D eigenvalue weighted by Crippen LogP contribution is -2.14. The van der Waals surface area contributed by atoms with Crippen molar-refractivity contribution in [2.75, 3.05) is 0 Å². The van der Waals surface area contributed by atoms with Crippen molar-refractivity contribution in [1.29, 1.82) is 0 Å². The van der Waals surface area contributed by atoms with Crippen molar-refractivity contribution in [2.45, 2.75) is 19.3 Å². The van der Waals surface area contributed by atoms with E-state index in [0.717, 1.165) is 0 Å². The Balaban J connectivity index is 1.18. The average molecular weight is 729 g/mol. The van der Waals surface area contributed by atoms with E-state index < -0.39 is 0 Å². The average Bonchev–Trinajstić information content (AvgIpc) is 3.74. The lowest BCUT2D eigenvalue weighted by Gasteiger charge is -2.22. The minimum Gasteiger partial charge on any atom is -0.134 e. The summed E-state index contributed by atoms with van der Waals surface area (Å²) in [6.45, 7) is 4.82. The van der Waals surface area contributed by atoms with Crippen LogP contribution in [0.3, 0.4) is 0 Å². The molecule has 0 aliphatic heterocycles. The van der Waals surface area contributed by atoms with E-state index in [-0.39, 0.29) is 5.41 Å². The van der Waals surface area contributed by atoms with Gasteiger partial charge in [-0.3, -0.25) is 0 Å². The number of hydrogen-bond donors (Lipinski definition) is 0. The molecule has 1 aliphatic rings. The third-order valence-corrected chi connectivity index (χ3v) is 13.8. The molecule has 56 heavy (non-hydrogen) atoms. The highest BCUT2D eigenvalue weighted by atomic mass is 32.1. The minimum absolute atomic E-state index is 0.130. The van der Waals surface area contributed by atoms with E-state index >= 15 is 0 Å². The second kappa shape index (κ2) is 11.7. The first kappa shape index (κ1) is 31.8. The molecule has 11 aromatic rings. The van der Waals surface area contributed by atoms with Gasteiger partial charge in [0.1, 0.15) is 0 Å². The van der Waals surface area contributed by atoms with Crippen LogP contribution >= 0.6 is 11.3 Å². The van der Waals surface area contributed by atoms with Crippen LogP contribution in [0.25, 0.3) is 108 Å². The van der Waals surface area contributed by atoms with Gasteiger partial charge in [0.05, 0.1) is 0 Å². The Hall–Kier alpha value is -6.54. The molecule has 10 aromatic carbocycles. The number of rotatable bonds is 3. The van der Waals surface area contributed by atoms with Gasteiger partial charge in [-0.1, -0.05) is 178 Å². The highest BCUT2D eigenvalue weighted by Gasteiger charge is 2.38. The Kier molecular flexibility index (Phi) is 6.66. The minimum atomic E-state index is -0.130. The summed E-state index contributed by atoms with van der Waals surface area (Å²) in [5.41, 5.74) is 13.1. The predicted molar refractivity (Wildman–Crippen MR) is 243 cm³/mol. The molecule has 1 aromatic heterocycles. The molecule has 0 unspecified atom stereocenters. The second-order valence-corrected chi connectivity index (χ2v) is 17.0. The predicted octanol–water partition coefficient (Wildman–Crippen LogP) is 16.0. The zero-order chi connectivity index (χ0) is 37.1. The van der Waals surface area contributed by atoms with E-state index in [1.54, 1.807) is 0 Å². The molecule has 1 heteroatoms. The maximum atomic E-state index is 2.54. The van der Waals surface area contributed by atoms with Crippen molar-refractivity contribution in [3.05, 3.63) is 193 Å². The summed E-state index contributed by atoms with van der Waals surface area (Å²) < 4.78 is 2.70. The van der Waals surface area contributed by atoms with Crippen molar-refractivity contribution in [2.24, 2.45) is 0 Å². The van der Waals surface area contributed by atoms with Crippen molar-refractivity contribution in [3.8, 4) is 44.5 Å². The molecule has 0 nitrogen and oxygen atoms in total. The van der Waals surface area contributed by atoms with Crippen LogP contribution in [-0.2, 0) is 5.41 Å². The van der Waals surface area contributed by atoms with E-state index in [4.69, 9.17) is 0 Å². The van der Waals surface area contributed by atoms with Gasteiger partial charge in [-0.2, -0.15) is 0 Å². The normalized spacial score (nSPS) is 13.3. The first-order valence-electron chi connectivity index (χ1n) is 19.6. The molecule has 262 valence electrons. The van der Waals surface area contributed by atoms with Crippen LogP contribution in [0.2, 0.25) is 0 Å². The molecule has 0 radical (unpaired) electrons. The van der Waals surface area contributed by atoms with E-state index in [1.165, 1.54) is 119 Å². The quantitative estimate of drug-likeness (QED) is 0.159. The van der Waals surface area contributed by atoms with Gasteiger partial charge in [-0.05, 0) is 111 Å². The molecule has 0 fully saturated rings. The first-order chi connectivity index (χ1) is 27.6. The van der Waals surface area contributed by atoms with Crippen LogP contribution in [0.4, 0.5) is 0 Å². The van der Waals surface area contributed by atoms with Crippen molar-refractivity contribution < 1.29 is 0 Å². The lowest BCUT2D eigenvalue weighted by atomic mass is 9.81. The second-order valence-electron chi connectivity index (χ2n) is 15.9. The highest BCUT2D eigenvalue weighted by molar-refractivity contribution is 7.26. The van der Waals surface area contributed by atoms with Gasteiger partial charge in [-0.25, -0.2) is 0 Å². The van der Waals surface area contributed by atoms with Gasteiger partial charge in [0.15, 0.2) is 0 Å². The standard InChI is InChI=1S/C55H36S/c1-55(2)46-28-12-11-26-44(46)53-47(55)32-45-52-38-21-6-4-16-34(38)29-30-48(52)56-54(45)50(53)36-19-13-18-35(31-36)49-40-22-7-9-24-42(40)51(43-25-10-8-23-41(43)49)39-27-14-17-33-15-3-5-20-37(33)39/h3-32H,1-2H3. The zero-order valence-electron chi connectivity index (χ0n) is 31.2. The van der Waals surface area contributed by atoms with Gasteiger partial charge in [0.2, 0.25) is 0 Å². The fourth-order valence-corrected chi connectivity index (χ4v) is 11.4. The Bertz CT molecular complexity index is 3390. The Morgan fingerprint density at radius 3 is 1.62 bits per heavy atom. The summed E-state index contributed by atoms with van der Waals surface area (Å²) in [5, 5.41) is 13.0. The van der Waals surface area contributed by atoms with Crippen LogP contribution in [0.5, 0.6) is 0 Å². The maximum absolute atomic E-state index is 2.54. The molecule has 12 rings (SSSR count). The summed E-state index contributed by atoms with van der Waals surface area (Å²) in [4.78, 5) is 0. The summed E-state index contributed by atoms with van der Waals surface area (Å²) in [5.74, 6) is 0. The Labute approximate surface area is 329 Å².